The molecule has 0 bridgehead atoms. The van der Waals surface area contributed by atoms with Crippen molar-refractivity contribution in [2.45, 2.75) is 19.4 Å². The average Bonchev–Trinajstić information content (AvgIpc) is 2.24. The summed E-state index contributed by atoms with van der Waals surface area (Å²) in [7, 11) is 0. The van der Waals surface area contributed by atoms with Crippen LogP contribution in [0.3, 0.4) is 0 Å². The van der Waals surface area contributed by atoms with Crippen LogP contribution >= 0.6 is 0 Å². The fourth-order valence-electron chi connectivity index (χ4n) is 1.88. The van der Waals surface area contributed by atoms with E-state index < -0.39 is 5.60 Å². The highest BCUT2D eigenvalue weighted by Gasteiger charge is 2.46. The van der Waals surface area contributed by atoms with Crippen LogP contribution in [0.4, 0.5) is 0 Å². The normalized spacial score (nSPS) is 18.0. The van der Waals surface area contributed by atoms with Crippen molar-refractivity contribution in [2.24, 2.45) is 5.92 Å². The zero-order valence-electron chi connectivity index (χ0n) is 9.93. The van der Waals surface area contributed by atoms with Gasteiger partial charge in [-0.25, -0.2) is 0 Å². The Hall–Kier alpha value is -1.62. The number of hydrogen-bond donors (Lipinski definition) is 2. The minimum absolute atomic E-state index is 0.0978. The number of H-pyrrole nitrogens is 1. The van der Waals surface area contributed by atoms with Gasteiger partial charge >= 0.3 is 0 Å². The molecule has 2 rings (SSSR count). The lowest BCUT2D eigenvalue weighted by Crippen LogP contribution is -2.66. The van der Waals surface area contributed by atoms with Gasteiger partial charge in [-0.05, 0) is 5.92 Å². The van der Waals surface area contributed by atoms with Crippen molar-refractivity contribution >= 4 is 5.91 Å². The SMILES string of the molecule is CC(C)C1(O)CN(C(=O)c2c[nH]ccc2=O)C1. The Labute approximate surface area is 99.1 Å². The highest BCUT2D eigenvalue weighted by molar-refractivity contribution is 5.94. The number of carbonyl (C=O) groups excluding carboxylic acids is 1. The largest absolute Gasteiger partial charge is 0.386 e. The molecule has 2 heterocycles. The van der Waals surface area contributed by atoms with Crippen molar-refractivity contribution in [3.63, 3.8) is 0 Å². The van der Waals surface area contributed by atoms with Crippen molar-refractivity contribution in [3.8, 4) is 0 Å². The number of aromatic nitrogens is 1. The minimum Gasteiger partial charge on any atom is -0.386 e. The molecule has 0 aliphatic carbocycles. The maximum Gasteiger partial charge on any atom is 0.259 e. The molecule has 92 valence electrons. The molecule has 0 radical (unpaired) electrons. The molecule has 5 heteroatoms. The smallest absolute Gasteiger partial charge is 0.259 e. The van der Waals surface area contributed by atoms with E-state index in [2.05, 4.69) is 4.98 Å². The molecule has 1 aromatic heterocycles. The number of likely N-dealkylation sites (tertiary alicyclic amines) is 1. The first-order valence-electron chi connectivity index (χ1n) is 5.63. The Kier molecular flexibility index (Phi) is 2.79. The van der Waals surface area contributed by atoms with Crippen molar-refractivity contribution in [1.29, 1.82) is 0 Å². The number of aromatic amines is 1. The molecule has 1 aliphatic rings. The maximum absolute atomic E-state index is 12.0. The average molecular weight is 236 g/mol. The first-order chi connectivity index (χ1) is 7.94. The summed E-state index contributed by atoms with van der Waals surface area (Å²) in [6.45, 7) is 4.41. The van der Waals surface area contributed by atoms with Crippen LogP contribution < -0.4 is 5.43 Å². The molecule has 0 aromatic carbocycles. The van der Waals surface area contributed by atoms with E-state index >= 15 is 0 Å². The summed E-state index contributed by atoms with van der Waals surface area (Å²) >= 11 is 0. The zero-order valence-corrected chi connectivity index (χ0v) is 9.93. The van der Waals surface area contributed by atoms with Gasteiger partial charge in [-0.1, -0.05) is 13.8 Å². The fourth-order valence-corrected chi connectivity index (χ4v) is 1.88. The third-order valence-corrected chi connectivity index (χ3v) is 3.35. The van der Waals surface area contributed by atoms with Crippen LogP contribution in [0.5, 0.6) is 0 Å². The Morgan fingerprint density at radius 2 is 2.18 bits per heavy atom. The van der Waals surface area contributed by atoms with E-state index in [1.54, 1.807) is 0 Å². The highest BCUT2D eigenvalue weighted by Crippen LogP contribution is 2.29. The first-order valence-corrected chi connectivity index (χ1v) is 5.63. The molecule has 2 N–H and O–H groups in total. The molecule has 0 atom stereocenters. The number of β-amino-alcohol motifs (C(OH)–C–C–N with tert-alkyl or cyclic N) is 1. The van der Waals surface area contributed by atoms with Crippen LogP contribution in [0.1, 0.15) is 24.2 Å². The predicted octanol–water partition coefficient (Wildman–Crippen LogP) is 0.218. The zero-order chi connectivity index (χ0) is 12.6. The van der Waals surface area contributed by atoms with Crippen LogP contribution in [-0.4, -0.2) is 39.6 Å². The molecular weight excluding hydrogens is 220 g/mol. The van der Waals surface area contributed by atoms with Gasteiger partial charge in [0.25, 0.3) is 5.91 Å². The van der Waals surface area contributed by atoms with E-state index in [0.29, 0.717) is 0 Å². The monoisotopic (exact) mass is 236 g/mol. The fraction of sp³-hybridized carbons (Fsp3) is 0.500. The lowest BCUT2D eigenvalue weighted by Gasteiger charge is -2.48. The number of hydrogen-bond acceptors (Lipinski definition) is 3. The summed E-state index contributed by atoms with van der Waals surface area (Å²) in [6.07, 6.45) is 2.89. The third-order valence-electron chi connectivity index (χ3n) is 3.35. The van der Waals surface area contributed by atoms with Crippen LogP contribution in [0, 0.1) is 5.92 Å². The second-order valence-electron chi connectivity index (χ2n) is 4.84. The van der Waals surface area contributed by atoms with Gasteiger partial charge in [0.05, 0.1) is 13.1 Å². The summed E-state index contributed by atoms with van der Waals surface area (Å²) in [5.74, 6) is -0.224. The Bertz CT molecular complexity index is 487. The van der Waals surface area contributed by atoms with Gasteiger partial charge in [0, 0.05) is 18.5 Å². The van der Waals surface area contributed by atoms with Crippen LogP contribution in [0.2, 0.25) is 0 Å². The molecule has 1 amide bonds. The second kappa shape index (κ2) is 4.00. The topological polar surface area (TPSA) is 73.4 Å². The number of amides is 1. The van der Waals surface area contributed by atoms with Crippen molar-refractivity contribution < 1.29 is 9.90 Å². The van der Waals surface area contributed by atoms with Crippen LogP contribution in [0.15, 0.2) is 23.3 Å². The molecule has 1 saturated heterocycles. The molecule has 1 fully saturated rings. The lowest BCUT2D eigenvalue weighted by molar-refractivity contribution is -0.110. The lowest BCUT2D eigenvalue weighted by atomic mass is 9.82. The first kappa shape index (κ1) is 11.9. The van der Waals surface area contributed by atoms with Crippen molar-refractivity contribution in [2.75, 3.05) is 13.1 Å². The molecule has 0 unspecified atom stereocenters. The molecule has 0 saturated carbocycles. The molecule has 0 spiro atoms. The quantitative estimate of drug-likeness (QED) is 0.771. The van der Waals surface area contributed by atoms with Gasteiger partial charge in [0.15, 0.2) is 5.43 Å². The van der Waals surface area contributed by atoms with Crippen molar-refractivity contribution in [1.82, 2.24) is 9.88 Å². The van der Waals surface area contributed by atoms with E-state index in [-0.39, 0.29) is 35.9 Å². The Morgan fingerprint density at radius 3 is 2.71 bits per heavy atom. The van der Waals surface area contributed by atoms with Gasteiger partial charge in [0.1, 0.15) is 11.2 Å². The highest BCUT2D eigenvalue weighted by atomic mass is 16.3. The number of pyridine rings is 1. The summed E-state index contributed by atoms with van der Waals surface area (Å²) in [6, 6.07) is 1.32. The predicted molar refractivity (Wildman–Crippen MR) is 62.8 cm³/mol. The molecule has 1 aromatic rings. The van der Waals surface area contributed by atoms with Gasteiger partial charge in [-0.2, -0.15) is 0 Å². The molecule has 17 heavy (non-hydrogen) atoms. The summed E-state index contributed by atoms with van der Waals surface area (Å²) in [5, 5.41) is 10.0. The van der Waals surface area contributed by atoms with Crippen LogP contribution in [-0.2, 0) is 0 Å². The van der Waals surface area contributed by atoms with E-state index in [0.717, 1.165) is 0 Å². The summed E-state index contributed by atoms with van der Waals surface area (Å²) in [4.78, 5) is 27.6. The molecule has 1 aliphatic heterocycles. The Balaban J connectivity index is 2.11. The molecule has 5 nitrogen and oxygen atoms in total. The van der Waals surface area contributed by atoms with E-state index in [1.165, 1.54) is 23.4 Å². The minimum atomic E-state index is -0.808. The number of rotatable bonds is 2. The van der Waals surface area contributed by atoms with Crippen molar-refractivity contribution in [3.05, 3.63) is 34.2 Å². The number of carbonyl (C=O) groups is 1. The van der Waals surface area contributed by atoms with Crippen LogP contribution in [0.25, 0.3) is 0 Å². The van der Waals surface area contributed by atoms with E-state index in [9.17, 15) is 14.7 Å². The maximum atomic E-state index is 12.0. The summed E-state index contributed by atoms with van der Waals surface area (Å²) in [5.41, 5.74) is -0.982. The Morgan fingerprint density at radius 1 is 1.53 bits per heavy atom. The number of aliphatic hydroxyl groups is 1. The van der Waals surface area contributed by atoms with E-state index in [4.69, 9.17) is 0 Å². The molecular formula is C12H16N2O3. The third kappa shape index (κ3) is 1.98. The van der Waals surface area contributed by atoms with Gasteiger partial charge in [-0.15, -0.1) is 0 Å². The standard InChI is InChI=1S/C12H16N2O3/c1-8(2)12(17)6-14(7-12)11(16)9-5-13-4-3-10(9)15/h3-5,8,17H,6-7H2,1-2H3,(H,13,15). The number of nitrogens with one attached hydrogen (secondary N) is 1. The second-order valence-corrected chi connectivity index (χ2v) is 4.84. The van der Waals surface area contributed by atoms with Gasteiger partial charge in [0.2, 0.25) is 0 Å². The summed E-state index contributed by atoms with van der Waals surface area (Å²) < 4.78 is 0. The van der Waals surface area contributed by atoms with Gasteiger partial charge < -0.3 is 15.0 Å². The van der Waals surface area contributed by atoms with E-state index in [1.807, 2.05) is 13.8 Å². The van der Waals surface area contributed by atoms with Gasteiger partial charge in [-0.3, -0.25) is 9.59 Å². The number of nitrogens with zero attached hydrogens (tertiary/aromatic N) is 1.